The van der Waals surface area contributed by atoms with Gasteiger partial charge in [0.15, 0.2) is 0 Å². The minimum absolute atomic E-state index is 0.105. The maximum atomic E-state index is 5.60. The van der Waals surface area contributed by atoms with Gasteiger partial charge in [0, 0.05) is 18.3 Å². The first-order valence-corrected chi connectivity index (χ1v) is 6.42. The summed E-state index contributed by atoms with van der Waals surface area (Å²) in [6, 6.07) is 3.95. The summed E-state index contributed by atoms with van der Waals surface area (Å²) in [5, 5.41) is 3.22. The zero-order valence-electron chi connectivity index (χ0n) is 11.8. The van der Waals surface area contributed by atoms with Gasteiger partial charge >= 0.3 is 0 Å². The van der Waals surface area contributed by atoms with Crippen LogP contribution in [0.2, 0.25) is 0 Å². The van der Waals surface area contributed by atoms with Crippen LogP contribution in [-0.2, 0) is 16.1 Å². The van der Waals surface area contributed by atoms with Crippen LogP contribution in [0.5, 0.6) is 0 Å². The molecule has 0 unspecified atom stereocenters. The van der Waals surface area contributed by atoms with Gasteiger partial charge in [0.25, 0.3) is 0 Å². The number of hydrogen-bond donors (Lipinski definition) is 1. The van der Waals surface area contributed by atoms with Crippen molar-refractivity contribution in [3.63, 3.8) is 0 Å². The van der Waals surface area contributed by atoms with Crippen molar-refractivity contribution in [3.8, 4) is 0 Å². The van der Waals surface area contributed by atoms with E-state index in [2.05, 4.69) is 17.2 Å². The number of aromatic nitrogens is 1. The van der Waals surface area contributed by atoms with Crippen LogP contribution in [0.25, 0.3) is 0 Å². The molecule has 0 aliphatic heterocycles. The second-order valence-corrected chi connectivity index (χ2v) is 5.05. The molecule has 1 heterocycles. The molecule has 1 aromatic heterocycles. The SMILES string of the molecule is CCNc1ncccc1COCCOC(C)(C)C. The lowest BCUT2D eigenvalue weighted by molar-refractivity contribution is -0.0376. The third-order valence-electron chi connectivity index (χ3n) is 2.26. The number of hydrogen-bond acceptors (Lipinski definition) is 4. The number of pyridine rings is 1. The van der Waals surface area contributed by atoms with Crippen molar-refractivity contribution < 1.29 is 9.47 Å². The molecule has 1 N–H and O–H groups in total. The highest BCUT2D eigenvalue weighted by molar-refractivity contribution is 5.42. The molecule has 4 heteroatoms. The van der Waals surface area contributed by atoms with Crippen LogP contribution >= 0.6 is 0 Å². The Labute approximate surface area is 110 Å². The normalized spacial score (nSPS) is 11.6. The van der Waals surface area contributed by atoms with Crippen molar-refractivity contribution >= 4 is 5.82 Å². The van der Waals surface area contributed by atoms with Gasteiger partial charge in [-0.05, 0) is 33.8 Å². The van der Waals surface area contributed by atoms with Crippen molar-refractivity contribution in [2.24, 2.45) is 0 Å². The van der Waals surface area contributed by atoms with Gasteiger partial charge in [-0.3, -0.25) is 0 Å². The van der Waals surface area contributed by atoms with Crippen LogP contribution in [0.15, 0.2) is 18.3 Å². The number of nitrogens with one attached hydrogen (secondary N) is 1. The van der Waals surface area contributed by atoms with Crippen LogP contribution in [0, 0.1) is 0 Å². The Morgan fingerprint density at radius 1 is 1.28 bits per heavy atom. The molecule has 1 rings (SSSR count). The van der Waals surface area contributed by atoms with E-state index in [0.717, 1.165) is 17.9 Å². The van der Waals surface area contributed by atoms with E-state index < -0.39 is 0 Å². The lowest BCUT2D eigenvalue weighted by Crippen LogP contribution is -2.21. The second kappa shape index (κ2) is 7.34. The lowest BCUT2D eigenvalue weighted by atomic mass is 10.2. The first kappa shape index (κ1) is 14.9. The maximum absolute atomic E-state index is 5.60. The summed E-state index contributed by atoms with van der Waals surface area (Å²) < 4.78 is 11.2. The van der Waals surface area contributed by atoms with Gasteiger partial charge in [-0.2, -0.15) is 0 Å². The molecule has 102 valence electrons. The predicted octanol–water partition coefficient (Wildman–Crippen LogP) is 2.85. The molecule has 0 saturated heterocycles. The summed E-state index contributed by atoms with van der Waals surface area (Å²) in [4.78, 5) is 4.28. The quantitative estimate of drug-likeness (QED) is 0.758. The Bertz CT molecular complexity index is 348. The minimum Gasteiger partial charge on any atom is -0.374 e. The summed E-state index contributed by atoms with van der Waals surface area (Å²) >= 11 is 0. The van der Waals surface area contributed by atoms with Gasteiger partial charge in [-0.15, -0.1) is 0 Å². The highest BCUT2D eigenvalue weighted by atomic mass is 16.5. The topological polar surface area (TPSA) is 43.4 Å². The largest absolute Gasteiger partial charge is 0.374 e. The van der Waals surface area contributed by atoms with Crippen molar-refractivity contribution in [2.75, 3.05) is 25.1 Å². The third-order valence-corrected chi connectivity index (χ3v) is 2.26. The smallest absolute Gasteiger partial charge is 0.131 e. The molecule has 0 spiro atoms. The molecule has 0 atom stereocenters. The van der Waals surface area contributed by atoms with E-state index in [4.69, 9.17) is 9.47 Å². The Hall–Kier alpha value is -1.13. The number of nitrogens with zero attached hydrogens (tertiary/aromatic N) is 1. The van der Waals surface area contributed by atoms with Gasteiger partial charge in [0.05, 0.1) is 25.4 Å². The fourth-order valence-electron chi connectivity index (χ4n) is 1.47. The molecular weight excluding hydrogens is 228 g/mol. The van der Waals surface area contributed by atoms with E-state index in [1.165, 1.54) is 0 Å². The van der Waals surface area contributed by atoms with E-state index in [1.54, 1.807) is 6.20 Å². The van der Waals surface area contributed by atoms with E-state index in [-0.39, 0.29) is 5.60 Å². The van der Waals surface area contributed by atoms with E-state index >= 15 is 0 Å². The highest BCUT2D eigenvalue weighted by Gasteiger charge is 2.09. The molecule has 0 aliphatic rings. The van der Waals surface area contributed by atoms with Gasteiger partial charge in [0.2, 0.25) is 0 Å². The average Bonchev–Trinajstić information content (AvgIpc) is 2.29. The molecule has 0 bridgehead atoms. The van der Waals surface area contributed by atoms with E-state index in [0.29, 0.717) is 19.8 Å². The average molecular weight is 252 g/mol. The highest BCUT2D eigenvalue weighted by Crippen LogP contribution is 2.12. The Morgan fingerprint density at radius 2 is 2.06 bits per heavy atom. The number of ether oxygens (including phenoxy) is 2. The number of anilines is 1. The standard InChI is InChI=1S/C14H24N2O2/c1-5-15-13-12(7-6-8-16-13)11-17-9-10-18-14(2,3)4/h6-8H,5,9-11H2,1-4H3,(H,15,16). The van der Waals surface area contributed by atoms with Gasteiger partial charge in [0.1, 0.15) is 5.82 Å². The van der Waals surface area contributed by atoms with E-state index in [1.807, 2.05) is 32.9 Å². The van der Waals surface area contributed by atoms with Crippen LogP contribution in [0.3, 0.4) is 0 Å². The Balaban J connectivity index is 2.31. The Kier molecular flexibility index (Phi) is 6.09. The fourth-order valence-corrected chi connectivity index (χ4v) is 1.47. The molecule has 0 amide bonds. The summed E-state index contributed by atoms with van der Waals surface area (Å²) in [5.41, 5.74) is 0.974. The van der Waals surface area contributed by atoms with Crippen molar-refractivity contribution in [3.05, 3.63) is 23.9 Å². The van der Waals surface area contributed by atoms with Crippen LogP contribution < -0.4 is 5.32 Å². The molecule has 0 saturated carbocycles. The van der Waals surface area contributed by atoms with Crippen LogP contribution in [0.1, 0.15) is 33.3 Å². The van der Waals surface area contributed by atoms with Crippen LogP contribution in [-0.4, -0.2) is 30.3 Å². The third kappa shape index (κ3) is 5.98. The monoisotopic (exact) mass is 252 g/mol. The van der Waals surface area contributed by atoms with Gasteiger partial charge in [-0.25, -0.2) is 4.98 Å². The zero-order valence-corrected chi connectivity index (χ0v) is 11.8. The first-order chi connectivity index (χ1) is 8.53. The maximum Gasteiger partial charge on any atom is 0.131 e. The van der Waals surface area contributed by atoms with Gasteiger partial charge in [-0.1, -0.05) is 6.07 Å². The van der Waals surface area contributed by atoms with Crippen molar-refractivity contribution in [1.82, 2.24) is 4.98 Å². The predicted molar refractivity (Wildman–Crippen MR) is 73.8 cm³/mol. The molecular formula is C14H24N2O2. The summed E-state index contributed by atoms with van der Waals surface area (Å²) in [5.74, 6) is 0.900. The molecule has 4 nitrogen and oxygen atoms in total. The second-order valence-electron chi connectivity index (χ2n) is 5.05. The van der Waals surface area contributed by atoms with Crippen LogP contribution in [0.4, 0.5) is 5.82 Å². The Morgan fingerprint density at radius 3 is 2.72 bits per heavy atom. The summed E-state index contributed by atoms with van der Waals surface area (Å²) in [7, 11) is 0. The number of rotatable bonds is 7. The molecule has 0 radical (unpaired) electrons. The molecule has 0 aromatic carbocycles. The van der Waals surface area contributed by atoms with E-state index in [9.17, 15) is 0 Å². The zero-order chi connectivity index (χ0) is 13.4. The fraction of sp³-hybridized carbons (Fsp3) is 0.643. The minimum atomic E-state index is -0.105. The van der Waals surface area contributed by atoms with Gasteiger partial charge < -0.3 is 14.8 Å². The molecule has 1 aromatic rings. The molecule has 0 fully saturated rings. The molecule has 0 aliphatic carbocycles. The summed E-state index contributed by atoms with van der Waals surface area (Å²) in [6.45, 7) is 10.8. The molecule has 18 heavy (non-hydrogen) atoms. The van der Waals surface area contributed by atoms with Crippen molar-refractivity contribution in [2.45, 2.75) is 39.9 Å². The van der Waals surface area contributed by atoms with Crippen molar-refractivity contribution in [1.29, 1.82) is 0 Å². The lowest BCUT2D eigenvalue weighted by Gasteiger charge is -2.19. The summed E-state index contributed by atoms with van der Waals surface area (Å²) in [6.07, 6.45) is 1.78. The first-order valence-electron chi connectivity index (χ1n) is 6.42.